The molecule has 2 fully saturated rings. The number of carbonyl (C=O) groups is 1. The predicted molar refractivity (Wildman–Crippen MR) is 94.0 cm³/mol. The van der Waals surface area contributed by atoms with Crippen molar-refractivity contribution in [2.24, 2.45) is 11.8 Å². The first-order valence-corrected chi connectivity index (χ1v) is 9.99. The highest BCUT2D eigenvalue weighted by molar-refractivity contribution is 7.89. The molecule has 2 saturated heterocycles. The van der Waals surface area contributed by atoms with Crippen LogP contribution in [0.1, 0.15) is 6.92 Å². The molecule has 2 aliphatic rings. The zero-order valence-corrected chi connectivity index (χ0v) is 15.3. The lowest BCUT2D eigenvalue weighted by atomic mass is 9.88. The third-order valence-corrected chi connectivity index (χ3v) is 7.09. The van der Waals surface area contributed by atoms with Gasteiger partial charge in [-0.2, -0.15) is 4.31 Å². The summed E-state index contributed by atoms with van der Waals surface area (Å²) >= 11 is 0. The van der Waals surface area contributed by atoms with Crippen molar-refractivity contribution in [3.8, 4) is 0 Å². The van der Waals surface area contributed by atoms with Gasteiger partial charge in [0, 0.05) is 38.2 Å². The normalized spacial score (nSPS) is 20.4. The molecule has 1 aromatic carbocycles. The fourth-order valence-electron chi connectivity index (χ4n) is 3.27. The molecule has 0 aromatic heterocycles. The minimum Gasteiger partial charge on any atom is -0.340 e. The largest absolute Gasteiger partial charge is 0.340 e. The molecule has 9 nitrogen and oxygen atoms in total. The Hall–Kier alpha value is -2.04. The molecule has 0 aliphatic carbocycles. The number of rotatable bonds is 5. The summed E-state index contributed by atoms with van der Waals surface area (Å²) in [6.07, 6.45) is 0. The number of benzene rings is 1. The topological polar surface area (TPSA) is 113 Å². The maximum atomic E-state index is 12.8. The molecule has 10 heteroatoms. The Morgan fingerprint density at radius 2 is 1.85 bits per heavy atom. The Labute approximate surface area is 152 Å². The highest BCUT2D eigenvalue weighted by Gasteiger charge is 2.37. The fourth-order valence-corrected chi connectivity index (χ4v) is 4.85. The van der Waals surface area contributed by atoms with Crippen molar-refractivity contribution in [2.45, 2.75) is 11.8 Å². The highest BCUT2D eigenvalue weighted by atomic mass is 32.2. The van der Waals surface area contributed by atoms with Gasteiger partial charge in [0.05, 0.1) is 4.92 Å². The van der Waals surface area contributed by atoms with E-state index in [4.69, 9.17) is 0 Å². The Bertz CT molecular complexity index is 801. The molecule has 1 atom stereocenters. The van der Waals surface area contributed by atoms with Crippen LogP contribution in [0.25, 0.3) is 0 Å². The van der Waals surface area contributed by atoms with E-state index in [1.807, 2.05) is 6.92 Å². The number of piperazine rings is 1. The molecule has 0 spiro atoms. The lowest BCUT2D eigenvalue weighted by Gasteiger charge is -2.38. The number of sulfonamides is 1. The molecule has 1 unspecified atom stereocenters. The van der Waals surface area contributed by atoms with E-state index in [9.17, 15) is 23.3 Å². The van der Waals surface area contributed by atoms with Crippen molar-refractivity contribution in [1.29, 1.82) is 0 Å². The van der Waals surface area contributed by atoms with E-state index < -0.39 is 20.6 Å². The van der Waals surface area contributed by atoms with Crippen molar-refractivity contribution in [1.82, 2.24) is 14.5 Å². The summed E-state index contributed by atoms with van der Waals surface area (Å²) in [7, 11) is -3.97. The molecule has 26 heavy (non-hydrogen) atoms. The van der Waals surface area contributed by atoms with Gasteiger partial charge in [0.15, 0.2) is 4.90 Å². The van der Waals surface area contributed by atoms with E-state index in [-0.39, 0.29) is 29.8 Å². The standard InChI is InChI=1S/C16H22N4O5S/c1-12(13-10-17-11-13)16(21)18-6-8-19(9-7-18)26(24,25)15-5-3-2-4-14(15)20(22)23/h2-5,12-13,17H,6-11H2,1H3. The number of nitrogens with one attached hydrogen (secondary N) is 1. The van der Waals surface area contributed by atoms with E-state index >= 15 is 0 Å². The maximum absolute atomic E-state index is 12.8. The Morgan fingerprint density at radius 3 is 2.38 bits per heavy atom. The maximum Gasteiger partial charge on any atom is 0.289 e. The summed E-state index contributed by atoms with van der Waals surface area (Å²) < 4.78 is 26.8. The molecule has 142 valence electrons. The summed E-state index contributed by atoms with van der Waals surface area (Å²) in [5.74, 6) is 0.282. The minimum absolute atomic E-state index is 0.0410. The molecule has 0 radical (unpaired) electrons. The van der Waals surface area contributed by atoms with Gasteiger partial charge in [-0.25, -0.2) is 8.42 Å². The zero-order valence-electron chi connectivity index (χ0n) is 14.5. The van der Waals surface area contributed by atoms with Crippen LogP contribution in [0.3, 0.4) is 0 Å². The average Bonchev–Trinajstić information content (AvgIpc) is 2.59. The number of carbonyl (C=O) groups excluding carboxylic acids is 1. The second-order valence-corrected chi connectivity index (χ2v) is 8.57. The molecule has 2 aliphatic heterocycles. The van der Waals surface area contributed by atoms with Crippen LogP contribution in [0.4, 0.5) is 5.69 Å². The van der Waals surface area contributed by atoms with Crippen LogP contribution >= 0.6 is 0 Å². The molecular weight excluding hydrogens is 360 g/mol. The number of para-hydroxylation sites is 1. The lowest BCUT2D eigenvalue weighted by molar-refractivity contribution is -0.387. The molecule has 2 heterocycles. The van der Waals surface area contributed by atoms with E-state index in [2.05, 4.69) is 5.32 Å². The Morgan fingerprint density at radius 1 is 1.23 bits per heavy atom. The highest BCUT2D eigenvalue weighted by Crippen LogP contribution is 2.27. The molecule has 1 aromatic rings. The SMILES string of the molecule is CC(C(=O)N1CCN(S(=O)(=O)c2ccccc2[N+](=O)[O-])CC1)C1CNC1. The molecule has 1 N–H and O–H groups in total. The van der Waals surface area contributed by atoms with Gasteiger partial charge in [-0.15, -0.1) is 0 Å². The second-order valence-electron chi connectivity index (χ2n) is 6.66. The first-order chi connectivity index (χ1) is 12.3. The molecular formula is C16H22N4O5S. The van der Waals surface area contributed by atoms with Crippen molar-refractivity contribution in [3.05, 3.63) is 34.4 Å². The number of nitro groups is 1. The van der Waals surface area contributed by atoms with Gasteiger partial charge in [0.2, 0.25) is 15.9 Å². The van der Waals surface area contributed by atoms with Gasteiger partial charge in [0.1, 0.15) is 0 Å². The summed E-state index contributed by atoms with van der Waals surface area (Å²) in [6.45, 7) is 4.43. The molecule has 3 rings (SSSR count). The minimum atomic E-state index is -3.97. The summed E-state index contributed by atoms with van der Waals surface area (Å²) in [6, 6.07) is 5.33. The van der Waals surface area contributed by atoms with Crippen LogP contribution < -0.4 is 5.32 Å². The molecule has 0 bridgehead atoms. The van der Waals surface area contributed by atoms with E-state index in [1.54, 1.807) is 4.90 Å². The van der Waals surface area contributed by atoms with Crippen LogP contribution in [-0.4, -0.2) is 67.7 Å². The van der Waals surface area contributed by atoms with Crippen molar-refractivity contribution in [3.63, 3.8) is 0 Å². The van der Waals surface area contributed by atoms with E-state index in [0.29, 0.717) is 19.0 Å². The van der Waals surface area contributed by atoms with Crippen LogP contribution in [0.15, 0.2) is 29.2 Å². The van der Waals surface area contributed by atoms with Gasteiger partial charge >= 0.3 is 0 Å². The van der Waals surface area contributed by atoms with Crippen molar-refractivity contribution in [2.75, 3.05) is 39.3 Å². The number of hydrogen-bond donors (Lipinski definition) is 1. The van der Waals surface area contributed by atoms with Gasteiger partial charge in [-0.05, 0) is 25.1 Å². The quantitative estimate of drug-likeness (QED) is 0.578. The van der Waals surface area contributed by atoms with E-state index in [0.717, 1.165) is 13.1 Å². The van der Waals surface area contributed by atoms with Crippen LogP contribution in [-0.2, 0) is 14.8 Å². The third kappa shape index (κ3) is 3.44. The monoisotopic (exact) mass is 382 g/mol. The number of nitrogens with zero attached hydrogens (tertiary/aromatic N) is 3. The zero-order chi connectivity index (χ0) is 18.9. The lowest BCUT2D eigenvalue weighted by Crippen LogP contribution is -2.55. The summed E-state index contributed by atoms with van der Waals surface area (Å²) in [5.41, 5.74) is -0.433. The second kappa shape index (κ2) is 7.29. The Kier molecular flexibility index (Phi) is 5.26. The first-order valence-electron chi connectivity index (χ1n) is 8.55. The number of nitro benzene ring substituents is 1. The van der Waals surface area contributed by atoms with E-state index in [1.165, 1.54) is 28.6 Å². The van der Waals surface area contributed by atoms with Crippen molar-refractivity contribution < 1.29 is 18.1 Å². The van der Waals surface area contributed by atoms with Crippen LogP contribution in [0, 0.1) is 22.0 Å². The number of amides is 1. The predicted octanol–water partition coefficient (Wildman–Crippen LogP) is 0.283. The van der Waals surface area contributed by atoms with Gasteiger partial charge in [0.25, 0.3) is 5.69 Å². The first kappa shape index (κ1) is 18.7. The summed E-state index contributed by atoms with van der Waals surface area (Å²) in [4.78, 5) is 24.4. The van der Waals surface area contributed by atoms with Gasteiger partial charge < -0.3 is 10.2 Å². The third-order valence-electron chi connectivity index (χ3n) is 5.14. The Balaban J connectivity index is 1.69. The number of hydrogen-bond acceptors (Lipinski definition) is 6. The average molecular weight is 382 g/mol. The molecule has 0 saturated carbocycles. The van der Waals surface area contributed by atoms with Crippen LogP contribution in [0.5, 0.6) is 0 Å². The van der Waals surface area contributed by atoms with Gasteiger partial charge in [-0.1, -0.05) is 19.1 Å². The van der Waals surface area contributed by atoms with Crippen LogP contribution in [0.2, 0.25) is 0 Å². The fraction of sp³-hybridized carbons (Fsp3) is 0.562. The summed E-state index contributed by atoms with van der Waals surface area (Å²) in [5, 5.41) is 14.3. The smallest absolute Gasteiger partial charge is 0.289 e. The van der Waals surface area contributed by atoms with Gasteiger partial charge in [-0.3, -0.25) is 14.9 Å². The van der Waals surface area contributed by atoms with Crippen molar-refractivity contribution >= 4 is 21.6 Å². The molecule has 1 amide bonds.